The summed E-state index contributed by atoms with van der Waals surface area (Å²) < 4.78 is 33.5. The van der Waals surface area contributed by atoms with E-state index in [1.807, 2.05) is 0 Å². The van der Waals surface area contributed by atoms with E-state index in [1.165, 1.54) is 49.4 Å². The molecule has 132 valence electrons. The molecule has 0 unspecified atom stereocenters. The van der Waals surface area contributed by atoms with Crippen LogP contribution in [0.2, 0.25) is 5.02 Å². The van der Waals surface area contributed by atoms with Gasteiger partial charge in [0.2, 0.25) is 5.78 Å². The van der Waals surface area contributed by atoms with Crippen molar-refractivity contribution in [2.24, 2.45) is 0 Å². The van der Waals surface area contributed by atoms with Crippen LogP contribution < -0.4 is 10.5 Å². The number of esters is 1. The second kappa shape index (κ2) is 7.94. The largest absolute Gasteiger partial charge is 0.451 e. The molecule has 0 aliphatic carbocycles. The van der Waals surface area contributed by atoms with E-state index >= 15 is 0 Å². The zero-order chi connectivity index (χ0) is 18.6. The molecule has 25 heavy (non-hydrogen) atoms. The molecular formula is C17H14ClF2NO4. The Labute approximate surface area is 147 Å². The fraction of sp³-hybridized carbons (Fsp3) is 0.176. The number of ether oxygens (including phenoxy) is 2. The first-order valence-electron chi connectivity index (χ1n) is 7.13. The number of nitrogen functional groups attached to an aromatic ring is 1. The zero-order valence-electron chi connectivity index (χ0n) is 13.0. The molecule has 0 radical (unpaired) electrons. The molecule has 0 aromatic heterocycles. The molecule has 8 heteroatoms. The number of rotatable bonds is 6. The number of ketones is 1. The van der Waals surface area contributed by atoms with Crippen LogP contribution in [0.25, 0.3) is 0 Å². The van der Waals surface area contributed by atoms with Gasteiger partial charge < -0.3 is 15.2 Å². The lowest BCUT2D eigenvalue weighted by Gasteiger charge is -2.13. The summed E-state index contributed by atoms with van der Waals surface area (Å²) in [5, 5.41) is 0.298. The fourth-order valence-corrected chi connectivity index (χ4v) is 2.11. The van der Waals surface area contributed by atoms with Crippen molar-refractivity contribution in [3.63, 3.8) is 0 Å². The van der Waals surface area contributed by atoms with Gasteiger partial charge in [-0.15, -0.1) is 0 Å². The van der Waals surface area contributed by atoms with Gasteiger partial charge in [-0.2, -0.15) is 8.78 Å². The van der Waals surface area contributed by atoms with Gasteiger partial charge in [0.1, 0.15) is 5.75 Å². The van der Waals surface area contributed by atoms with Crippen LogP contribution in [0.3, 0.4) is 0 Å². The maximum Gasteiger partial charge on any atom is 0.387 e. The molecule has 1 atom stereocenters. The Kier molecular flexibility index (Phi) is 5.93. The number of alkyl halides is 2. The first-order valence-corrected chi connectivity index (χ1v) is 7.51. The Balaban J connectivity index is 2.04. The van der Waals surface area contributed by atoms with Crippen molar-refractivity contribution >= 4 is 29.0 Å². The zero-order valence-corrected chi connectivity index (χ0v) is 13.8. The minimum Gasteiger partial charge on any atom is -0.451 e. The number of anilines is 1. The Morgan fingerprint density at radius 2 is 1.68 bits per heavy atom. The van der Waals surface area contributed by atoms with Gasteiger partial charge in [0.15, 0.2) is 6.10 Å². The molecule has 0 spiro atoms. The number of Topliss-reactive ketones (excluding diaryl/α,β-unsaturated/α-hetero) is 1. The van der Waals surface area contributed by atoms with Crippen molar-refractivity contribution in [3.8, 4) is 5.75 Å². The molecule has 0 saturated carbocycles. The van der Waals surface area contributed by atoms with Gasteiger partial charge in [0.25, 0.3) is 0 Å². The summed E-state index contributed by atoms with van der Waals surface area (Å²) in [5.41, 5.74) is 6.18. The van der Waals surface area contributed by atoms with Crippen LogP contribution in [-0.2, 0) is 4.74 Å². The highest BCUT2D eigenvalue weighted by atomic mass is 35.5. The van der Waals surface area contributed by atoms with Gasteiger partial charge in [-0.3, -0.25) is 4.79 Å². The topological polar surface area (TPSA) is 78.6 Å². The summed E-state index contributed by atoms with van der Waals surface area (Å²) in [6, 6.07) is 9.30. The number of nitrogens with two attached hydrogens (primary N) is 1. The number of carbonyl (C=O) groups is 2. The summed E-state index contributed by atoms with van der Waals surface area (Å²) in [6.45, 7) is -1.54. The number of carbonyl (C=O) groups excluding carboxylic acids is 2. The van der Waals surface area contributed by atoms with Gasteiger partial charge >= 0.3 is 12.6 Å². The third-order valence-corrected chi connectivity index (χ3v) is 3.59. The van der Waals surface area contributed by atoms with E-state index in [1.54, 1.807) is 0 Å². The van der Waals surface area contributed by atoms with Crippen LogP contribution >= 0.6 is 11.6 Å². The first-order chi connectivity index (χ1) is 11.8. The molecule has 0 amide bonds. The van der Waals surface area contributed by atoms with E-state index in [0.29, 0.717) is 5.02 Å². The molecule has 0 bridgehead atoms. The van der Waals surface area contributed by atoms with E-state index in [4.69, 9.17) is 22.1 Å². The maximum absolute atomic E-state index is 12.3. The minimum atomic E-state index is -2.95. The summed E-state index contributed by atoms with van der Waals surface area (Å²) in [5.74, 6) is -1.30. The van der Waals surface area contributed by atoms with E-state index < -0.39 is 24.5 Å². The molecule has 2 N–H and O–H groups in total. The summed E-state index contributed by atoms with van der Waals surface area (Å²) in [4.78, 5) is 24.3. The maximum atomic E-state index is 12.3. The first kappa shape index (κ1) is 18.7. The van der Waals surface area contributed by atoms with Crippen LogP contribution in [0.15, 0.2) is 42.5 Å². The monoisotopic (exact) mass is 369 g/mol. The van der Waals surface area contributed by atoms with Crippen LogP contribution in [-0.4, -0.2) is 24.5 Å². The Bertz CT molecular complexity index is 781. The lowest BCUT2D eigenvalue weighted by Crippen LogP contribution is -2.24. The standard InChI is InChI=1S/C17H14ClF2NO4/c1-9(24-16(23)11-4-7-13(18)14(21)8-11)15(22)10-2-5-12(6-3-10)25-17(19)20/h2-9,17H,21H2,1H3/t9-/m0/s1. The van der Waals surface area contributed by atoms with E-state index in [2.05, 4.69) is 4.74 Å². The van der Waals surface area contributed by atoms with Gasteiger partial charge in [0.05, 0.1) is 16.3 Å². The van der Waals surface area contributed by atoms with Crippen LogP contribution in [0.4, 0.5) is 14.5 Å². The molecule has 2 rings (SSSR count). The third kappa shape index (κ3) is 4.90. The minimum absolute atomic E-state index is 0.0761. The normalized spacial score (nSPS) is 11.9. The van der Waals surface area contributed by atoms with Crippen LogP contribution in [0.5, 0.6) is 5.75 Å². The molecule has 2 aromatic rings. The van der Waals surface area contributed by atoms with Gasteiger partial charge in [0, 0.05) is 5.56 Å². The Hall–Kier alpha value is -2.67. The average molecular weight is 370 g/mol. The van der Waals surface area contributed by atoms with Crippen LogP contribution in [0, 0.1) is 0 Å². The SMILES string of the molecule is C[C@H](OC(=O)c1ccc(Cl)c(N)c1)C(=O)c1ccc(OC(F)F)cc1. The van der Waals surface area contributed by atoms with E-state index in [0.717, 1.165) is 0 Å². The number of hydrogen-bond acceptors (Lipinski definition) is 5. The van der Waals surface area contributed by atoms with E-state index in [9.17, 15) is 18.4 Å². The van der Waals surface area contributed by atoms with Crippen molar-refractivity contribution in [2.45, 2.75) is 19.6 Å². The highest BCUT2D eigenvalue weighted by Gasteiger charge is 2.21. The predicted octanol–water partition coefficient (Wildman–Crippen LogP) is 3.95. The molecular weight excluding hydrogens is 356 g/mol. The highest BCUT2D eigenvalue weighted by molar-refractivity contribution is 6.33. The lowest BCUT2D eigenvalue weighted by molar-refractivity contribution is -0.0498. The molecule has 0 aliphatic rings. The predicted molar refractivity (Wildman–Crippen MR) is 88.1 cm³/mol. The molecule has 0 heterocycles. The van der Waals surface area contributed by atoms with Gasteiger partial charge in [-0.05, 0) is 49.4 Å². The highest BCUT2D eigenvalue weighted by Crippen LogP contribution is 2.21. The Morgan fingerprint density at radius 3 is 2.24 bits per heavy atom. The lowest BCUT2D eigenvalue weighted by atomic mass is 10.1. The Morgan fingerprint density at radius 1 is 1.08 bits per heavy atom. The average Bonchev–Trinajstić information content (AvgIpc) is 2.56. The van der Waals surface area contributed by atoms with Gasteiger partial charge in [-0.25, -0.2) is 4.79 Å². The molecule has 0 aliphatic heterocycles. The van der Waals surface area contributed by atoms with Crippen molar-refractivity contribution < 1.29 is 27.8 Å². The second-order valence-electron chi connectivity index (χ2n) is 5.05. The summed E-state index contributed by atoms with van der Waals surface area (Å²) in [6.07, 6.45) is -1.08. The smallest absolute Gasteiger partial charge is 0.387 e. The molecule has 5 nitrogen and oxygen atoms in total. The van der Waals surface area contributed by atoms with Crippen molar-refractivity contribution in [3.05, 3.63) is 58.6 Å². The third-order valence-electron chi connectivity index (χ3n) is 3.25. The van der Waals surface area contributed by atoms with Crippen LogP contribution in [0.1, 0.15) is 27.6 Å². The van der Waals surface area contributed by atoms with Crippen molar-refractivity contribution in [1.29, 1.82) is 0 Å². The van der Waals surface area contributed by atoms with Gasteiger partial charge in [-0.1, -0.05) is 11.6 Å². The van der Waals surface area contributed by atoms with E-state index in [-0.39, 0.29) is 22.6 Å². The summed E-state index contributed by atoms with van der Waals surface area (Å²) >= 11 is 5.78. The fourth-order valence-electron chi connectivity index (χ4n) is 1.99. The van der Waals surface area contributed by atoms with Crippen molar-refractivity contribution in [2.75, 3.05) is 5.73 Å². The number of halogens is 3. The number of benzene rings is 2. The quantitative estimate of drug-likeness (QED) is 0.474. The second-order valence-corrected chi connectivity index (χ2v) is 5.46. The molecule has 0 fully saturated rings. The molecule has 0 saturated heterocycles. The molecule has 2 aromatic carbocycles. The number of hydrogen-bond donors (Lipinski definition) is 1. The summed E-state index contributed by atoms with van der Waals surface area (Å²) in [7, 11) is 0. The van der Waals surface area contributed by atoms with Crippen molar-refractivity contribution in [1.82, 2.24) is 0 Å².